The third-order valence-electron chi connectivity index (χ3n) is 5.24. The largest absolute Gasteiger partial charge is 0.352 e. The van der Waals surface area contributed by atoms with Crippen LogP contribution >= 0.6 is 0 Å². The number of carbonyl (C=O) groups excluding carboxylic acids is 1. The third-order valence-corrected chi connectivity index (χ3v) is 5.24. The van der Waals surface area contributed by atoms with Gasteiger partial charge in [-0.1, -0.05) is 18.2 Å². The third kappa shape index (κ3) is 3.74. The van der Waals surface area contributed by atoms with Crippen molar-refractivity contribution in [3.8, 4) is 11.3 Å². The molecule has 146 valence electrons. The van der Waals surface area contributed by atoms with Crippen molar-refractivity contribution in [3.63, 3.8) is 0 Å². The summed E-state index contributed by atoms with van der Waals surface area (Å²) in [6.45, 7) is 4.60. The standard InChI is InChI=1S/C23H23N5O/c1-15-18(16(2)28(3)27-15)10-12-25-23(29)20-13-22(17-7-6-11-24-14-17)26-21-9-5-4-8-19(20)21/h4-9,11,13-14H,10,12H2,1-3H3,(H,25,29). The van der Waals surface area contributed by atoms with Crippen LogP contribution in [0.2, 0.25) is 0 Å². The highest BCUT2D eigenvalue weighted by atomic mass is 16.1. The number of aryl methyl sites for hydroxylation is 2. The van der Waals surface area contributed by atoms with Crippen LogP contribution in [0, 0.1) is 13.8 Å². The maximum Gasteiger partial charge on any atom is 0.252 e. The molecular weight excluding hydrogens is 362 g/mol. The topological polar surface area (TPSA) is 72.7 Å². The smallest absolute Gasteiger partial charge is 0.252 e. The van der Waals surface area contributed by atoms with Gasteiger partial charge < -0.3 is 5.32 Å². The minimum absolute atomic E-state index is 0.104. The molecule has 1 N–H and O–H groups in total. The molecule has 6 nitrogen and oxygen atoms in total. The maximum atomic E-state index is 13.0. The van der Waals surface area contributed by atoms with E-state index in [1.807, 2.05) is 68.0 Å². The first kappa shape index (κ1) is 18.8. The molecule has 0 saturated carbocycles. The van der Waals surface area contributed by atoms with E-state index in [0.29, 0.717) is 12.1 Å². The Morgan fingerprint density at radius 2 is 1.97 bits per heavy atom. The highest BCUT2D eigenvalue weighted by molar-refractivity contribution is 6.07. The monoisotopic (exact) mass is 385 g/mol. The first-order valence-electron chi connectivity index (χ1n) is 9.62. The number of hydrogen-bond acceptors (Lipinski definition) is 4. The van der Waals surface area contributed by atoms with Crippen molar-refractivity contribution >= 4 is 16.8 Å². The van der Waals surface area contributed by atoms with Gasteiger partial charge in [-0.25, -0.2) is 4.98 Å². The summed E-state index contributed by atoms with van der Waals surface area (Å²) >= 11 is 0. The molecular formula is C23H23N5O. The molecule has 0 saturated heterocycles. The summed E-state index contributed by atoms with van der Waals surface area (Å²) < 4.78 is 1.88. The predicted octanol–water partition coefficient (Wildman–Crippen LogP) is 3.62. The van der Waals surface area contributed by atoms with Crippen molar-refractivity contribution in [1.29, 1.82) is 0 Å². The number of fused-ring (bicyclic) bond motifs is 1. The van der Waals surface area contributed by atoms with Crippen LogP contribution in [0.5, 0.6) is 0 Å². The molecule has 0 unspecified atom stereocenters. The Morgan fingerprint density at radius 3 is 2.69 bits per heavy atom. The van der Waals surface area contributed by atoms with E-state index < -0.39 is 0 Å². The Balaban J connectivity index is 1.61. The van der Waals surface area contributed by atoms with Gasteiger partial charge in [0.1, 0.15) is 0 Å². The number of nitrogens with one attached hydrogen (secondary N) is 1. The van der Waals surface area contributed by atoms with E-state index in [-0.39, 0.29) is 5.91 Å². The van der Waals surface area contributed by atoms with E-state index in [2.05, 4.69) is 15.4 Å². The highest BCUT2D eigenvalue weighted by Gasteiger charge is 2.15. The van der Waals surface area contributed by atoms with Gasteiger partial charge in [0.2, 0.25) is 0 Å². The quantitative estimate of drug-likeness (QED) is 0.569. The maximum absolute atomic E-state index is 13.0. The zero-order chi connectivity index (χ0) is 20.4. The number of hydrogen-bond donors (Lipinski definition) is 1. The fraction of sp³-hybridized carbons (Fsp3) is 0.217. The molecule has 29 heavy (non-hydrogen) atoms. The summed E-state index contributed by atoms with van der Waals surface area (Å²) in [5.41, 5.74) is 6.35. The second-order valence-electron chi connectivity index (χ2n) is 7.09. The van der Waals surface area contributed by atoms with Gasteiger partial charge in [-0.3, -0.25) is 14.5 Å². The van der Waals surface area contributed by atoms with Crippen molar-refractivity contribution in [1.82, 2.24) is 25.1 Å². The Bertz CT molecular complexity index is 1180. The Hall–Kier alpha value is -3.54. The van der Waals surface area contributed by atoms with E-state index in [0.717, 1.165) is 40.0 Å². The molecule has 4 rings (SSSR count). The Labute approximate surface area is 169 Å². The lowest BCUT2D eigenvalue weighted by Gasteiger charge is -2.11. The Kier molecular flexibility index (Phi) is 5.08. The second kappa shape index (κ2) is 7.83. The van der Waals surface area contributed by atoms with E-state index >= 15 is 0 Å². The van der Waals surface area contributed by atoms with Crippen molar-refractivity contribution < 1.29 is 4.79 Å². The van der Waals surface area contributed by atoms with Gasteiger partial charge in [0, 0.05) is 42.6 Å². The molecule has 0 bridgehead atoms. The van der Waals surface area contributed by atoms with Crippen LogP contribution in [0.25, 0.3) is 22.2 Å². The van der Waals surface area contributed by atoms with E-state index in [4.69, 9.17) is 4.98 Å². The summed E-state index contributed by atoms with van der Waals surface area (Å²) in [6.07, 6.45) is 4.23. The minimum atomic E-state index is -0.104. The molecule has 0 fully saturated rings. The molecule has 0 aliphatic rings. The van der Waals surface area contributed by atoms with Crippen LogP contribution in [0.15, 0.2) is 54.9 Å². The van der Waals surface area contributed by atoms with E-state index in [9.17, 15) is 4.79 Å². The first-order chi connectivity index (χ1) is 14.0. The summed E-state index contributed by atoms with van der Waals surface area (Å²) in [5, 5.41) is 8.34. The SMILES string of the molecule is Cc1nn(C)c(C)c1CCNC(=O)c1cc(-c2cccnc2)nc2ccccc12. The van der Waals surface area contributed by atoms with Crippen molar-refractivity contribution in [2.24, 2.45) is 7.05 Å². The fourth-order valence-corrected chi connectivity index (χ4v) is 3.60. The fourth-order valence-electron chi connectivity index (χ4n) is 3.60. The molecule has 0 spiro atoms. The molecule has 0 aliphatic heterocycles. The normalized spacial score (nSPS) is 11.0. The second-order valence-corrected chi connectivity index (χ2v) is 7.09. The summed E-state index contributed by atoms with van der Waals surface area (Å²) in [5.74, 6) is -0.104. The number of aromatic nitrogens is 4. The van der Waals surface area contributed by atoms with Crippen molar-refractivity contribution in [2.75, 3.05) is 6.54 Å². The zero-order valence-electron chi connectivity index (χ0n) is 16.8. The molecule has 3 heterocycles. The van der Waals surface area contributed by atoms with Gasteiger partial charge in [-0.05, 0) is 50.1 Å². The summed E-state index contributed by atoms with van der Waals surface area (Å²) in [4.78, 5) is 21.9. The van der Waals surface area contributed by atoms with Gasteiger partial charge in [-0.15, -0.1) is 0 Å². The van der Waals surface area contributed by atoms with Crippen molar-refractivity contribution in [2.45, 2.75) is 20.3 Å². The van der Waals surface area contributed by atoms with Gasteiger partial charge in [0.15, 0.2) is 0 Å². The van der Waals surface area contributed by atoms with Crippen LogP contribution in [0.4, 0.5) is 0 Å². The molecule has 1 amide bonds. The number of benzene rings is 1. The van der Waals surface area contributed by atoms with Crippen LogP contribution in [-0.2, 0) is 13.5 Å². The molecule has 6 heteroatoms. The molecule has 0 aliphatic carbocycles. The minimum Gasteiger partial charge on any atom is -0.352 e. The molecule has 4 aromatic rings. The van der Waals surface area contributed by atoms with Gasteiger partial charge in [0.25, 0.3) is 5.91 Å². The molecule has 3 aromatic heterocycles. The number of amides is 1. The number of nitrogens with zero attached hydrogens (tertiary/aromatic N) is 4. The number of pyridine rings is 2. The summed E-state index contributed by atoms with van der Waals surface area (Å²) in [7, 11) is 1.94. The number of rotatable bonds is 5. The lowest BCUT2D eigenvalue weighted by molar-refractivity contribution is 0.0955. The van der Waals surface area contributed by atoms with Crippen LogP contribution in [-0.4, -0.2) is 32.2 Å². The van der Waals surface area contributed by atoms with Gasteiger partial charge >= 0.3 is 0 Å². The average Bonchev–Trinajstić information content (AvgIpc) is 2.99. The van der Waals surface area contributed by atoms with Crippen LogP contribution in [0.1, 0.15) is 27.3 Å². The van der Waals surface area contributed by atoms with E-state index in [1.165, 1.54) is 5.56 Å². The number of carbonyl (C=O) groups is 1. The molecule has 0 radical (unpaired) electrons. The van der Waals surface area contributed by atoms with Crippen molar-refractivity contribution in [3.05, 3.63) is 77.4 Å². The lowest BCUT2D eigenvalue weighted by atomic mass is 10.0. The predicted molar refractivity (Wildman–Crippen MR) is 114 cm³/mol. The lowest BCUT2D eigenvalue weighted by Crippen LogP contribution is -2.26. The number of para-hydroxylation sites is 1. The molecule has 0 atom stereocenters. The van der Waals surface area contributed by atoms with E-state index in [1.54, 1.807) is 12.4 Å². The molecule has 1 aromatic carbocycles. The average molecular weight is 385 g/mol. The highest BCUT2D eigenvalue weighted by Crippen LogP contribution is 2.24. The van der Waals surface area contributed by atoms with Gasteiger partial charge in [0.05, 0.1) is 22.5 Å². The van der Waals surface area contributed by atoms with Crippen LogP contribution < -0.4 is 5.32 Å². The van der Waals surface area contributed by atoms with Crippen LogP contribution in [0.3, 0.4) is 0 Å². The first-order valence-corrected chi connectivity index (χ1v) is 9.62. The zero-order valence-corrected chi connectivity index (χ0v) is 16.8. The van der Waals surface area contributed by atoms with Gasteiger partial charge in [-0.2, -0.15) is 5.10 Å². The summed E-state index contributed by atoms with van der Waals surface area (Å²) in [6, 6.07) is 13.4. The Morgan fingerprint density at radius 1 is 1.14 bits per heavy atom.